The number of ether oxygens (including phenoxy) is 13. The van der Waals surface area contributed by atoms with Crippen LogP contribution in [-0.4, -0.2) is 171 Å². The third-order valence-corrected chi connectivity index (χ3v) is 6.95. The van der Waals surface area contributed by atoms with Crippen LogP contribution in [0.1, 0.15) is 71.6 Å². The minimum absolute atomic E-state index is 0.144. The smallest absolute Gasteiger partial charge is 0.308 e. The molecule has 0 atom stereocenters. The van der Waals surface area contributed by atoms with Crippen LogP contribution in [-0.2, 0) is 71.2 Å². The van der Waals surface area contributed by atoms with Crippen molar-refractivity contribution in [3.63, 3.8) is 0 Å². The van der Waals surface area contributed by atoms with Gasteiger partial charge in [0.1, 0.15) is 6.61 Å². The third-order valence-electron chi connectivity index (χ3n) is 6.95. The quantitative estimate of drug-likeness (QED) is 0.0653. The molecule has 0 radical (unpaired) electrons. The highest BCUT2D eigenvalue weighted by Crippen LogP contribution is 2.08. The summed E-state index contributed by atoms with van der Waals surface area (Å²) in [6.45, 7) is 14.9. The Morgan fingerprint density at radius 3 is 0.885 bits per heavy atom. The van der Waals surface area contributed by atoms with Gasteiger partial charge in [-0.2, -0.15) is 0 Å². The molecule has 0 rings (SSSR count). The summed E-state index contributed by atoms with van der Waals surface area (Å²) in [5, 5.41) is 0. The van der Waals surface area contributed by atoms with E-state index in [4.69, 9.17) is 61.6 Å². The molecule has 0 aliphatic heterocycles. The highest BCUT2D eigenvalue weighted by molar-refractivity contribution is 5.69. The molecule has 0 N–H and O–H groups in total. The van der Waals surface area contributed by atoms with Gasteiger partial charge in [0, 0.05) is 6.42 Å². The van der Waals surface area contributed by atoms with Gasteiger partial charge in [0.2, 0.25) is 0 Å². The number of hydrogen-bond acceptors (Lipinski definition) is 15. The van der Waals surface area contributed by atoms with Gasteiger partial charge in [0.25, 0.3) is 0 Å². The lowest BCUT2D eigenvalue weighted by molar-refractivity contribution is -0.146. The fourth-order valence-corrected chi connectivity index (χ4v) is 4.20. The molecule has 0 aromatic rings. The lowest BCUT2D eigenvalue weighted by Crippen LogP contribution is -2.15. The van der Waals surface area contributed by atoms with E-state index in [9.17, 15) is 9.59 Å². The molecule has 15 heteroatoms. The highest BCUT2D eigenvalue weighted by Gasteiger charge is 2.03. The van der Waals surface area contributed by atoms with Gasteiger partial charge >= 0.3 is 11.9 Å². The Hall–Kier alpha value is -1.50. The van der Waals surface area contributed by atoms with Gasteiger partial charge in [0.15, 0.2) is 0 Å². The van der Waals surface area contributed by atoms with Gasteiger partial charge in [0.05, 0.1) is 158 Å². The van der Waals surface area contributed by atoms with Crippen molar-refractivity contribution in [3.05, 3.63) is 0 Å². The minimum atomic E-state index is -0.253. The fraction of sp³-hybridized carbons (Fsp3) is 0.946. The first-order chi connectivity index (χ1) is 25.7. The van der Waals surface area contributed by atoms with Gasteiger partial charge in [-0.3, -0.25) is 9.59 Å². The summed E-state index contributed by atoms with van der Waals surface area (Å²) < 4.78 is 69.9. The van der Waals surface area contributed by atoms with E-state index in [1.807, 2.05) is 0 Å². The predicted octanol–water partition coefficient (Wildman–Crippen LogP) is 3.81. The lowest BCUT2D eigenvalue weighted by Gasteiger charge is -2.09. The summed E-state index contributed by atoms with van der Waals surface area (Å²) in [7, 11) is 0. The molecule has 0 heterocycles. The second-order valence-electron chi connectivity index (χ2n) is 11.4. The van der Waals surface area contributed by atoms with Crippen LogP contribution in [0.25, 0.3) is 0 Å². The zero-order valence-electron chi connectivity index (χ0n) is 32.5. The molecule has 0 saturated carbocycles. The Kier molecular flexibility index (Phi) is 44.3. The maximum absolute atomic E-state index is 11.7. The molecular weight excluding hydrogens is 684 g/mol. The van der Waals surface area contributed by atoms with Crippen molar-refractivity contribution < 1.29 is 71.2 Å². The normalized spacial score (nSPS) is 11.3. The molecular formula is C37H72O15. The van der Waals surface area contributed by atoms with Gasteiger partial charge in [-0.05, 0) is 13.3 Å². The standard InChI is InChI=1S/C37H72O15/c1-3-5-6-7-8-9-10-11-36(38)52-35-34-50-33-32-49-31-30-48-29-28-47-27-26-46-25-24-45-23-22-44-21-20-43-19-18-42-17-16-41-15-14-40-13-12-37(39)51-4-2/h3-35H2,1-2H3. The molecule has 52 heavy (non-hydrogen) atoms. The fourth-order valence-electron chi connectivity index (χ4n) is 4.20. The third kappa shape index (κ3) is 44.7. The first-order valence-corrected chi connectivity index (χ1v) is 19.4. The van der Waals surface area contributed by atoms with Crippen LogP contribution in [0.3, 0.4) is 0 Å². The number of esters is 2. The molecule has 0 unspecified atom stereocenters. The minimum Gasteiger partial charge on any atom is -0.466 e. The summed E-state index contributed by atoms with van der Waals surface area (Å²) >= 11 is 0. The molecule has 0 aliphatic carbocycles. The Morgan fingerprint density at radius 2 is 0.558 bits per heavy atom. The molecule has 0 spiro atoms. The summed E-state index contributed by atoms with van der Waals surface area (Å²) in [4.78, 5) is 22.9. The molecule has 0 amide bonds. The molecule has 0 saturated heterocycles. The second-order valence-corrected chi connectivity index (χ2v) is 11.4. The van der Waals surface area contributed by atoms with Gasteiger partial charge < -0.3 is 61.6 Å². The average Bonchev–Trinajstić information content (AvgIpc) is 3.14. The van der Waals surface area contributed by atoms with Gasteiger partial charge in [-0.1, -0.05) is 45.4 Å². The van der Waals surface area contributed by atoms with Crippen LogP contribution in [0.2, 0.25) is 0 Å². The number of hydrogen-bond donors (Lipinski definition) is 0. The molecule has 0 bridgehead atoms. The maximum atomic E-state index is 11.7. The van der Waals surface area contributed by atoms with E-state index in [-0.39, 0.29) is 25.0 Å². The molecule has 0 aromatic carbocycles. The number of rotatable bonds is 45. The number of carbonyl (C=O) groups excluding carboxylic acids is 2. The van der Waals surface area contributed by atoms with Gasteiger partial charge in [-0.15, -0.1) is 0 Å². The van der Waals surface area contributed by atoms with Crippen LogP contribution in [0, 0.1) is 0 Å². The second kappa shape index (κ2) is 45.7. The molecule has 310 valence electrons. The van der Waals surface area contributed by atoms with Crippen molar-refractivity contribution in [2.24, 2.45) is 0 Å². The molecule has 0 aromatic heterocycles. The SMILES string of the molecule is CCCCCCCCCC(=O)OCCOCCOCCOCCOCCOCCOCCOCCOCCOCCOCCOCCC(=O)OCC. The number of unbranched alkanes of at least 4 members (excludes halogenated alkanes) is 6. The zero-order valence-corrected chi connectivity index (χ0v) is 32.5. The van der Waals surface area contributed by atoms with Gasteiger partial charge in [-0.25, -0.2) is 0 Å². The molecule has 0 aliphatic rings. The van der Waals surface area contributed by atoms with Crippen molar-refractivity contribution in [1.82, 2.24) is 0 Å². The molecule has 0 fully saturated rings. The van der Waals surface area contributed by atoms with Crippen molar-refractivity contribution >= 4 is 11.9 Å². The van der Waals surface area contributed by atoms with E-state index >= 15 is 0 Å². The van der Waals surface area contributed by atoms with E-state index < -0.39 is 0 Å². The van der Waals surface area contributed by atoms with Crippen molar-refractivity contribution in [2.45, 2.75) is 71.6 Å². The van der Waals surface area contributed by atoms with E-state index in [1.54, 1.807) is 6.92 Å². The van der Waals surface area contributed by atoms with Crippen molar-refractivity contribution in [1.29, 1.82) is 0 Å². The Balaban J connectivity index is 3.11. The summed E-state index contributed by atoms with van der Waals surface area (Å²) in [5.74, 6) is -0.398. The van der Waals surface area contributed by atoms with Crippen LogP contribution in [0.15, 0.2) is 0 Å². The topological polar surface area (TPSA) is 154 Å². The van der Waals surface area contributed by atoms with E-state index in [0.717, 1.165) is 12.8 Å². The average molecular weight is 757 g/mol. The summed E-state index contributed by atoms with van der Waals surface area (Å²) in [5.41, 5.74) is 0. The highest BCUT2D eigenvalue weighted by atomic mass is 16.6. The first-order valence-electron chi connectivity index (χ1n) is 19.4. The Morgan fingerprint density at radius 1 is 0.288 bits per heavy atom. The Bertz CT molecular complexity index is 717. The van der Waals surface area contributed by atoms with Crippen molar-refractivity contribution in [3.8, 4) is 0 Å². The predicted molar refractivity (Wildman–Crippen MR) is 194 cm³/mol. The van der Waals surface area contributed by atoms with E-state index in [1.165, 1.54) is 32.1 Å². The van der Waals surface area contributed by atoms with Crippen LogP contribution < -0.4 is 0 Å². The summed E-state index contributed by atoms with van der Waals surface area (Å²) in [6.07, 6.45) is 9.02. The largest absolute Gasteiger partial charge is 0.466 e. The van der Waals surface area contributed by atoms with Crippen molar-refractivity contribution in [2.75, 3.05) is 159 Å². The van der Waals surface area contributed by atoms with Crippen LogP contribution in [0.4, 0.5) is 0 Å². The van der Waals surface area contributed by atoms with Crippen LogP contribution >= 0.6 is 0 Å². The van der Waals surface area contributed by atoms with E-state index in [2.05, 4.69) is 6.92 Å². The van der Waals surface area contributed by atoms with E-state index in [0.29, 0.717) is 158 Å². The maximum Gasteiger partial charge on any atom is 0.308 e. The first kappa shape index (κ1) is 50.5. The summed E-state index contributed by atoms with van der Waals surface area (Å²) in [6, 6.07) is 0. The zero-order chi connectivity index (χ0) is 37.7. The molecule has 15 nitrogen and oxygen atoms in total. The van der Waals surface area contributed by atoms with Crippen LogP contribution in [0.5, 0.6) is 0 Å². The monoisotopic (exact) mass is 756 g/mol. The number of carbonyl (C=O) groups is 2. The Labute approximate surface area is 313 Å². The lowest BCUT2D eigenvalue weighted by atomic mass is 10.1.